The zero-order chi connectivity index (χ0) is 10.4. The van der Waals surface area contributed by atoms with Crippen LogP contribution in [-0.4, -0.2) is 33.5 Å². The number of nitrogens with one attached hydrogen (secondary N) is 1. The Morgan fingerprint density at radius 3 is 2.64 bits per heavy atom. The molecule has 0 spiro atoms. The lowest BCUT2D eigenvalue weighted by molar-refractivity contribution is -0.121. The van der Waals surface area contributed by atoms with Gasteiger partial charge >= 0.3 is 0 Å². The van der Waals surface area contributed by atoms with E-state index in [0.717, 1.165) is 30.8 Å². The van der Waals surface area contributed by atoms with E-state index in [9.17, 15) is 9.00 Å². The van der Waals surface area contributed by atoms with Gasteiger partial charge in [0.05, 0.1) is 0 Å². The summed E-state index contributed by atoms with van der Waals surface area (Å²) >= 11 is 5.49. The molecule has 1 N–H and O–H groups in total. The van der Waals surface area contributed by atoms with E-state index in [1.54, 1.807) is 0 Å². The van der Waals surface area contributed by atoms with Crippen LogP contribution in [0.15, 0.2) is 0 Å². The Balaban J connectivity index is 2.17. The van der Waals surface area contributed by atoms with Crippen molar-refractivity contribution in [3.05, 3.63) is 0 Å². The minimum Gasteiger partial charge on any atom is -0.353 e. The molecule has 1 heterocycles. The van der Waals surface area contributed by atoms with E-state index in [1.807, 2.05) is 0 Å². The molecule has 14 heavy (non-hydrogen) atoms. The van der Waals surface area contributed by atoms with E-state index in [0.29, 0.717) is 12.3 Å². The van der Waals surface area contributed by atoms with Gasteiger partial charge in [0.1, 0.15) is 0 Å². The third kappa shape index (κ3) is 4.42. The monoisotopic (exact) mass is 237 g/mol. The molecule has 0 aromatic heterocycles. The summed E-state index contributed by atoms with van der Waals surface area (Å²) in [5, 5.41) is 2.94. The predicted molar refractivity (Wildman–Crippen MR) is 59.0 cm³/mol. The standard InChI is InChI=1S/C9H16ClNO2S/c10-5-1-2-9(12)11-8-3-6-14(13)7-4-8/h8H,1-7H2,(H,11,12). The Bertz CT molecular complexity index is 213. The number of halogens is 1. The largest absolute Gasteiger partial charge is 0.353 e. The van der Waals surface area contributed by atoms with Crippen LogP contribution < -0.4 is 5.32 Å². The normalized spacial score (nSPS) is 27.2. The first-order valence-electron chi connectivity index (χ1n) is 4.92. The van der Waals surface area contributed by atoms with E-state index >= 15 is 0 Å². The van der Waals surface area contributed by atoms with Crippen molar-refractivity contribution in [1.29, 1.82) is 0 Å². The van der Waals surface area contributed by atoms with E-state index in [-0.39, 0.29) is 11.9 Å². The summed E-state index contributed by atoms with van der Waals surface area (Å²) in [6.45, 7) is 0. The van der Waals surface area contributed by atoms with Crippen LogP contribution in [0.2, 0.25) is 0 Å². The molecule has 0 aromatic carbocycles. The summed E-state index contributed by atoms with van der Waals surface area (Å²) < 4.78 is 11.0. The Kier molecular flexibility index (Phi) is 5.48. The van der Waals surface area contributed by atoms with E-state index in [1.165, 1.54) is 0 Å². The molecule has 0 radical (unpaired) electrons. The number of hydrogen-bond donors (Lipinski definition) is 1. The molecule has 0 atom stereocenters. The second kappa shape index (κ2) is 6.40. The van der Waals surface area contributed by atoms with Gasteiger partial charge in [0.25, 0.3) is 0 Å². The summed E-state index contributed by atoms with van der Waals surface area (Å²) in [4.78, 5) is 11.3. The number of hydrogen-bond acceptors (Lipinski definition) is 2. The molecule has 0 saturated carbocycles. The van der Waals surface area contributed by atoms with Crippen molar-refractivity contribution in [2.24, 2.45) is 0 Å². The molecule has 0 unspecified atom stereocenters. The van der Waals surface area contributed by atoms with Crippen LogP contribution in [0, 0.1) is 0 Å². The maximum absolute atomic E-state index is 11.3. The van der Waals surface area contributed by atoms with Gasteiger partial charge in [-0.2, -0.15) is 0 Å². The lowest BCUT2D eigenvalue weighted by Crippen LogP contribution is -2.39. The van der Waals surface area contributed by atoms with E-state index in [4.69, 9.17) is 11.6 Å². The van der Waals surface area contributed by atoms with Gasteiger partial charge in [-0.05, 0) is 19.3 Å². The van der Waals surface area contributed by atoms with Gasteiger partial charge in [0.2, 0.25) is 5.91 Å². The second-order valence-corrected chi connectivity index (χ2v) is 5.56. The molecule has 1 saturated heterocycles. The highest BCUT2D eigenvalue weighted by Crippen LogP contribution is 2.09. The molecule has 0 aromatic rings. The number of rotatable bonds is 4. The van der Waals surface area contributed by atoms with Gasteiger partial charge < -0.3 is 5.32 Å². The smallest absolute Gasteiger partial charge is 0.220 e. The number of alkyl halides is 1. The third-order valence-electron chi connectivity index (χ3n) is 2.29. The van der Waals surface area contributed by atoms with Crippen molar-refractivity contribution in [2.45, 2.75) is 31.7 Å². The highest BCUT2D eigenvalue weighted by atomic mass is 35.5. The molecule has 0 aliphatic carbocycles. The summed E-state index contributed by atoms with van der Waals surface area (Å²) in [5.74, 6) is 2.05. The first kappa shape index (κ1) is 12.0. The lowest BCUT2D eigenvalue weighted by Gasteiger charge is -2.22. The highest BCUT2D eigenvalue weighted by Gasteiger charge is 2.18. The van der Waals surface area contributed by atoms with Gasteiger partial charge in [0, 0.05) is 40.6 Å². The summed E-state index contributed by atoms with van der Waals surface area (Å²) in [6.07, 6.45) is 2.92. The van der Waals surface area contributed by atoms with Crippen molar-refractivity contribution in [1.82, 2.24) is 5.32 Å². The number of amides is 1. The van der Waals surface area contributed by atoms with Crippen molar-refractivity contribution < 1.29 is 9.00 Å². The molecular formula is C9H16ClNO2S. The van der Waals surface area contributed by atoms with Gasteiger partial charge in [-0.1, -0.05) is 0 Å². The van der Waals surface area contributed by atoms with Crippen LogP contribution in [0.1, 0.15) is 25.7 Å². The quantitative estimate of drug-likeness (QED) is 0.743. The summed E-state index contributed by atoms with van der Waals surface area (Å²) in [5.41, 5.74) is 0. The molecule has 1 aliphatic heterocycles. The van der Waals surface area contributed by atoms with Crippen LogP contribution in [0.5, 0.6) is 0 Å². The fraction of sp³-hybridized carbons (Fsp3) is 0.889. The van der Waals surface area contributed by atoms with Gasteiger partial charge in [0.15, 0.2) is 0 Å². The van der Waals surface area contributed by atoms with Crippen molar-refractivity contribution in [3.63, 3.8) is 0 Å². The molecule has 1 aliphatic rings. The lowest BCUT2D eigenvalue weighted by atomic mass is 10.1. The molecule has 3 nitrogen and oxygen atoms in total. The summed E-state index contributed by atoms with van der Waals surface area (Å²) in [6, 6.07) is 0.232. The molecule has 1 fully saturated rings. The van der Waals surface area contributed by atoms with Crippen LogP contribution >= 0.6 is 11.6 Å². The van der Waals surface area contributed by atoms with Crippen LogP contribution in [-0.2, 0) is 15.6 Å². The molecular weight excluding hydrogens is 222 g/mol. The first-order valence-corrected chi connectivity index (χ1v) is 6.95. The molecule has 0 bridgehead atoms. The fourth-order valence-corrected chi connectivity index (χ4v) is 2.90. The maximum atomic E-state index is 11.3. The van der Waals surface area contributed by atoms with Crippen LogP contribution in [0.25, 0.3) is 0 Å². The van der Waals surface area contributed by atoms with Crippen LogP contribution in [0.3, 0.4) is 0 Å². The average Bonchev–Trinajstić information content (AvgIpc) is 2.18. The maximum Gasteiger partial charge on any atom is 0.220 e. The van der Waals surface area contributed by atoms with Gasteiger partial charge in [-0.25, -0.2) is 0 Å². The zero-order valence-electron chi connectivity index (χ0n) is 8.13. The Hall–Kier alpha value is -0.0900. The first-order chi connectivity index (χ1) is 6.72. The van der Waals surface area contributed by atoms with Crippen LogP contribution in [0.4, 0.5) is 0 Å². The second-order valence-electron chi connectivity index (χ2n) is 3.48. The van der Waals surface area contributed by atoms with Gasteiger partial charge in [-0.15, -0.1) is 11.6 Å². The third-order valence-corrected chi connectivity index (χ3v) is 3.94. The van der Waals surface area contributed by atoms with E-state index in [2.05, 4.69) is 5.32 Å². The molecule has 82 valence electrons. The van der Waals surface area contributed by atoms with Crippen molar-refractivity contribution in [3.8, 4) is 0 Å². The summed E-state index contributed by atoms with van der Waals surface area (Å²) in [7, 11) is -0.653. The number of carbonyl (C=O) groups excluding carboxylic acids is 1. The minimum absolute atomic E-state index is 0.0725. The van der Waals surface area contributed by atoms with Gasteiger partial charge in [-0.3, -0.25) is 9.00 Å². The number of carbonyl (C=O) groups is 1. The highest BCUT2D eigenvalue weighted by molar-refractivity contribution is 7.85. The Labute approximate surface area is 92.0 Å². The average molecular weight is 238 g/mol. The Morgan fingerprint density at radius 2 is 2.07 bits per heavy atom. The fourth-order valence-electron chi connectivity index (χ4n) is 1.47. The van der Waals surface area contributed by atoms with E-state index < -0.39 is 10.8 Å². The molecule has 5 heteroatoms. The topological polar surface area (TPSA) is 46.2 Å². The molecule has 1 rings (SSSR count). The molecule has 1 amide bonds. The SMILES string of the molecule is O=C(CCCCl)NC1CCS(=O)CC1. The predicted octanol–water partition coefficient (Wildman–Crippen LogP) is 1.03. The van der Waals surface area contributed by atoms with Crippen molar-refractivity contribution in [2.75, 3.05) is 17.4 Å². The minimum atomic E-state index is -0.653. The zero-order valence-corrected chi connectivity index (χ0v) is 9.70. The van der Waals surface area contributed by atoms with Crippen molar-refractivity contribution >= 4 is 28.3 Å². The Morgan fingerprint density at radius 1 is 1.43 bits per heavy atom.